The van der Waals surface area contributed by atoms with Crippen LogP contribution in [0.1, 0.15) is 245 Å². The maximum absolute atomic E-state index is 13.1. The van der Waals surface area contributed by atoms with Crippen LogP contribution in [0.25, 0.3) is 0 Å². The van der Waals surface area contributed by atoms with E-state index in [9.17, 15) is 19.8 Å². The molecule has 0 saturated heterocycles. The number of amides is 1. The van der Waals surface area contributed by atoms with Gasteiger partial charge in [0, 0.05) is 6.42 Å². The lowest BCUT2D eigenvalue weighted by molar-refractivity contribution is -0.151. The summed E-state index contributed by atoms with van der Waals surface area (Å²) in [5.41, 5.74) is 0. The van der Waals surface area contributed by atoms with Gasteiger partial charge in [0.1, 0.15) is 6.10 Å². The number of aliphatic hydroxyl groups excluding tert-OH is 2. The summed E-state index contributed by atoms with van der Waals surface area (Å²) >= 11 is 0. The molecule has 0 rings (SSSR count). The Bertz CT molecular complexity index is 787. The smallest absolute Gasteiger partial charge is 0.306 e. The number of ether oxygens (including phenoxy) is 1. The maximum atomic E-state index is 13.1. The van der Waals surface area contributed by atoms with Crippen molar-refractivity contribution in [2.24, 2.45) is 0 Å². The predicted octanol–water partition coefficient (Wildman–Crippen LogP) is 13.0. The molecule has 1 amide bonds. The lowest BCUT2D eigenvalue weighted by Crippen LogP contribution is -2.46. The molecule has 0 aromatic rings. The van der Waals surface area contributed by atoms with Gasteiger partial charge in [-0.15, -0.1) is 0 Å². The lowest BCUT2D eigenvalue weighted by Gasteiger charge is -2.24. The van der Waals surface area contributed by atoms with Crippen molar-refractivity contribution in [2.45, 2.75) is 264 Å². The minimum atomic E-state index is -0.782. The third kappa shape index (κ3) is 35.6. The summed E-state index contributed by atoms with van der Waals surface area (Å²) in [6, 6.07) is -0.697. The molecule has 0 radical (unpaired) electrons. The summed E-state index contributed by atoms with van der Waals surface area (Å²) in [5, 5.41) is 23.5. The minimum Gasteiger partial charge on any atom is -0.462 e. The topological polar surface area (TPSA) is 95.9 Å². The average molecular weight is 736 g/mol. The number of aliphatic hydroxyl groups is 2. The molecule has 6 nitrogen and oxygen atoms in total. The van der Waals surface area contributed by atoms with Crippen molar-refractivity contribution in [1.29, 1.82) is 0 Å². The van der Waals surface area contributed by atoms with Gasteiger partial charge in [0.2, 0.25) is 5.91 Å². The maximum Gasteiger partial charge on any atom is 0.306 e. The van der Waals surface area contributed by atoms with Gasteiger partial charge in [-0.25, -0.2) is 0 Å². The second kappa shape index (κ2) is 40.8. The van der Waals surface area contributed by atoms with E-state index in [4.69, 9.17) is 4.74 Å². The second-order valence-electron chi connectivity index (χ2n) is 15.8. The first-order valence-corrected chi connectivity index (χ1v) is 22.9. The first-order valence-electron chi connectivity index (χ1n) is 22.9. The third-order valence-corrected chi connectivity index (χ3v) is 10.6. The van der Waals surface area contributed by atoms with Gasteiger partial charge in [0.05, 0.1) is 25.2 Å². The molecule has 0 saturated carbocycles. The van der Waals surface area contributed by atoms with Gasteiger partial charge >= 0.3 is 5.97 Å². The molecular formula is C46H89NO5. The molecule has 6 heteroatoms. The van der Waals surface area contributed by atoms with Crippen LogP contribution < -0.4 is 5.32 Å². The Morgan fingerprint density at radius 3 is 1.42 bits per heavy atom. The molecule has 0 aliphatic carbocycles. The van der Waals surface area contributed by atoms with Crippen LogP contribution >= 0.6 is 0 Å². The van der Waals surface area contributed by atoms with E-state index in [-0.39, 0.29) is 24.9 Å². The van der Waals surface area contributed by atoms with Gasteiger partial charge in [-0.1, -0.05) is 200 Å². The first kappa shape index (κ1) is 50.6. The Hall–Kier alpha value is -1.40. The fourth-order valence-electron chi connectivity index (χ4n) is 7.06. The van der Waals surface area contributed by atoms with Crippen LogP contribution in [-0.2, 0) is 14.3 Å². The van der Waals surface area contributed by atoms with Gasteiger partial charge in [-0.2, -0.15) is 0 Å². The quantitative estimate of drug-likeness (QED) is 0.0330. The molecular weight excluding hydrogens is 647 g/mol. The summed E-state index contributed by atoms with van der Waals surface area (Å²) in [5.74, 6) is -0.482. The summed E-state index contributed by atoms with van der Waals surface area (Å²) in [7, 11) is 0. The molecule has 3 unspecified atom stereocenters. The molecule has 0 fully saturated rings. The van der Waals surface area contributed by atoms with Crippen LogP contribution in [0, 0.1) is 0 Å². The van der Waals surface area contributed by atoms with Crippen LogP contribution in [-0.4, -0.2) is 46.9 Å². The van der Waals surface area contributed by atoms with Crippen molar-refractivity contribution in [3.05, 3.63) is 12.2 Å². The molecule has 52 heavy (non-hydrogen) atoms. The van der Waals surface area contributed by atoms with E-state index in [1.54, 1.807) is 0 Å². The lowest BCUT2D eigenvalue weighted by atomic mass is 10.0. The number of rotatable bonds is 41. The zero-order valence-electron chi connectivity index (χ0n) is 35.0. The summed E-state index contributed by atoms with van der Waals surface area (Å²) in [4.78, 5) is 25.9. The van der Waals surface area contributed by atoms with E-state index in [1.165, 1.54) is 128 Å². The summed E-state index contributed by atoms with van der Waals surface area (Å²) < 4.78 is 5.88. The molecule has 3 N–H and O–H groups in total. The summed E-state index contributed by atoms with van der Waals surface area (Å²) in [6.45, 7) is 6.41. The Morgan fingerprint density at radius 1 is 0.538 bits per heavy atom. The van der Waals surface area contributed by atoms with Gasteiger partial charge in [0.25, 0.3) is 0 Å². The van der Waals surface area contributed by atoms with E-state index in [2.05, 4.69) is 38.2 Å². The zero-order valence-corrected chi connectivity index (χ0v) is 35.0. The number of hydrogen-bond donors (Lipinski definition) is 3. The van der Waals surface area contributed by atoms with E-state index in [0.717, 1.165) is 70.6 Å². The van der Waals surface area contributed by atoms with Crippen LogP contribution in [0.5, 0.6) is 0 Å². The Kier molecular flexibility index (Phi) is 39.7. The average Bonchev–Trinajstić information content (AvgIpc) is 3.13. The number of unbranched alkanes of at least 4 members (excludes halogenated alkanes) is 27. The molecule has 0 spiro atoms. The number of allylic oxidation sites excluding steroid dienone is 2. The van der Waals surface area contributed by atoms with Crippen molar-refractivity contribution >= 4 is 11.9 Å². The zero-order chi connectivity index (χ0) is 38.2. The standard InChI is InChI=1S/C46H89NO5/c1-4-7-10-13-16-19-20-21-22-23-24-27-30-33-36-39-46(51)52-42(37-34-31-28-25-17-14-11-8-5-2)40-45(50)47-43(41-48)44(49)38-35-32-29-26-18-15-12-9-6-3/h14,17,42-44,48-49H,4-13,15-16,18-41H2,1-3H3,(H,47,50)/b17-14-. The van der Waals surface area contributed by atoms with Crippen molar-refractivity contribution in [3.63, 3.8) is 0 Å². The van der Waals surface area contributed by atoms with Crippen molar-refractivity contribution < 1.29 is 24.5 Å². The molecule has 308 valence electrons. The van der Waals surface area contributed by atoms with E-state index in [1.807, 2.05) is 0 Å². The van der Waals surface area contributed by atoms with Crippen LogP contribution in [0.15, 0.2) is 12.2 Å². The fraction of sp³-hybridized carbons (Fsp3) is 0.913. The van der Waals surface area contributed by atoms with E-state index < -0.39 is 18.2 Å². The molecule has 3 atom stereocenters. The highest BCUT2D eigenvalue weighted by atomic mass is 16.5. The number of hydrogen-bond acceptors (Lipinski definition) is 5. The highest BCUT2D eigenvalue weighted by molar-refractivity contribution is 5.77. The molecule has 0 aliphatic heterocycles. The number of carbonyl (C=O) groups excluding carboxylic acids is 2. The van der Waals surface area contributed by atoms with Crippen molar-refractivity contribution in [3.8, 4) is 0 Å². The number of carbonyl (C=O) groups is 2. The monoisotopic (exact) mass is 736 g/mol. The SMILES string of the molecule is CCCC/C=C\CCCCCC(CC(=O)NC(CO)C(O)CCCCCCCCCCC)OC(=O)CCCCCCCCCCCCCCCCC. The van der Waals surface area contributed by atoms with Gasteiger partial charge in [-0.05, 0) is 44.9 Å². The van der Waals surface area contributed by atoms with Gasteiger partial charge in [-0.3, -0.25) is 9.59 Å². The largest absolute Gasteiger partial charge is 0.462 e. The van der Waals surface area contributed by atoms with Gasteiger partial charge in [0.15, 0.2) is 0 Å². The second-order valence-corrected chi connectivity index (χ2v) is 15.8. The normalized spacial score (nSPS) is 13.4. The van der Waals surface area contributed by atoms with Gasteiger partial charge < -0.3 is 20.3 Å². The minimum absolute atomic E-state index is 0.0722. The third-order valence-electron chi connectivity index (χ3n) is 10.6. The Balaban J connectivity index is 4.48. The number of nitrogens with one attached hydrogen (secondary N) is 1. The van der Waals surface area contributed by atoms with Crippen LogP contribution in [0.4, 0.5) is 0 Å². The molecule has 0 aliphatic rings. The Morgan fingerprint density at radius 2 is 0.942 bits per heavy atom. The summed E-state index contributed by atoms with van der Waals surface area (Å²) in [6.07, 6.45) is 42.8. The van der Waals surface area contributed by atoms with Crippen LogP contribution in [0.3, 0.4) is 0 Å². The Labute approximate surface area is 323 Å². The predicted molar refractivity (Wildman–Crippen MR) is 223 cm³/mol. The molecule has 0 bridgehead atoms. The van der Waals surface area contributed by atoms with E-state index in [0.29, 0.717) is 19.3 Å². The molecule has 0 heterocycles. The number of esters is 1. The fourth-order valence-corrected chi connectivity index (χ4v) is 7.06. The molecule has 0 aromatic carbocycles. The first-order chi connectivity index (χ1) is 25.5. The highest BCUT2D eigenvalue weighted by Gasteiger charge is 2.24. The molecule has 0 aromatic heterocycles. The van der Waals surface area contributed by atoms with Crippen molar-refractivity contribution in [1.82, 2.24) is 5.32 Å². The van der Waals surface area contributed by atoms with Crippen LogP contribution in [0.2, 0.25) is 0 Å². The van der Waals surface area contributed by atoms with Crippen molar-refractivity contribution in [2.75, 3.05) is 6.61 Å². The highest BCUT2D eigenvalue weighted by Crippen LogP contribution is 2.17. The van der Waals surface area contributed by atoms with E-state index >= 15 is 0 Å².